The number of thiazole rings is 1. The van der Waals surface area contributed by atoms with Gasteiger partial charge < -0.3 is 20.1 Å². The van der Waals surface area contributed by atoms with E-state index in [1.165, 1.54) is 19.0 Å². The Hall–Kier alpha value is -2.90. The Kier molecular flexibility index (Phi) is 9.46. The van der Waals surface area contributed by atoms with Crippen molar-refractivity contribution in [1.82, 2.24) is 14.6 Å². The molecule has 13 heteroatoms. The molecule has 0 bridgehead atoms. The number of hydrogen-bond acceptors (Lipinski definition) is 8. The van der Waals surface area contributed by atoms with Crippen LogP contribution in [-0.4, -0.2) is 69.2 Å². The van der Waals surface area contributed by atoms with Crippen LogP contribution >= 0.6 is 11.3 Å². The van der Waals surface area contributed by atoms with Gasteiger partial charge >= 0.3 is 12.1 Å². The molecule has 0 aliphatic heterocycles. The van der Waals surface area contributed by atoms with E-state index in [1.807, 2.05) is 6.92 Å². The molecular formula is C22H33N5O6S2. The topological polar surface area (TPSA) is 130 Å². The molecule has 0 saturated heterocycles. The monoisotopic (exact) mass is 527 g/mol. The van der Waals surface area contributed by atoms with Gasteiger partial charge in [0, 0.05) is 32.9 Å². The highest BCUT2D eigenvalue weighted by Gasteiger charge is 2.28. The Morgan fingerprint density at radius 2 is 1.77 bits per heavy atom. The first kappa shape index (κ1) is 28.3. The molecule has 0 aliphatic carbocycles. The number of sulfonamides is 1. The average Bonchev–Trinajstić information content (AvgIpc) is 3.13. The van der Waals surface area contributed by atoms with E-state index in [9.17, 15) is 18.0 Å². The third-order valence-corrected chi connectivity index (χ3v) is 7.94. The van der Waals surface area contributed by atoms with Crippen LogP contribution in [0.1, 0.15) is 33.4 Å². The van der Waals surface area contributed by atoms with Gasteiger partial charge in [-0.2, -0.15) is 0 Å². The van der Waals surface area contributed by atoms with E-state index in [1.54, 1.807) is 52.0 Å². The lowest BCUT2D eigenvalue weighted by Crippen LogP contribution is -2.42. The van der Waals surface area contributed by atoms with Crippen molar-refractivity contribution in [1.29, 1.82) is 0 Å². The maximum Gasteiger partial charge on any atom is 0.407 e. The van der Waals surface area contributed by atoms with Crippen molar-refractivity contribution in [2.45, 2.75) is 44.4 Å². The van der Waals surface area contributed by atoms with Gasteiger partial charge in [0.05, 0.1) is 12.3 Å². The summed E-state index contributed by atoms with van der Waals surface area (Å²) < 4.78 is 37.1. The minimum Gasteiger partial charge on any atom is -0.494 e. The number of nitrogens with zero attached hydrogens (tertiary/aromatic N) is 3. The van der Waals surface area contributed by atoms with Gasteiger partial charge in [0.1, 0.15) is 11.4 Å². The Labute approximate surface area is 210 Å². The fourth-order valence-electron chi connectivity index (χ4n) is 2.75. The van der Waals surface area contributed by atoms with E-state index in [0.29, 0.717) is 18.0 Å². The molecule has 0 spiro atoms. The van der Waals surface area contributed by atoms with Crippen molar-refractivity contribution in [3.63, 3.8) is 0 Å². The number of nitrogens with one attached hydrogen (secondary N) is 2. The summed E-state index contributed by atoms with van der Waals surface area (Å²) in [5.41, 5.74) is 0.118. The highest BCUT2D eigenvalue weighted by atomic mass is 32.2. The van der Waals surface area contributed by atoms with Crippen LogP contribution in [0.3, 0.4) is 0 Å². The zero-order chi connectivity index (χ0) is 26.4. The third kappa shape index (κ3) is 8.08. The largest absolute Gasteiger partial charge is 0.494 e. The van der Waals surface area contributed by atoms with Crippen LogP contribution in [0.25, 0.3) is 0 Å². The molecule has 194 valence electrons. The number of amides is 3. The molecule has 2 aromatic rings. The van der Waals surface area contributed by atoms with Gasteiger partial charge in [0.25, 0.3) is 10.0 Å². The number of urea groups is 1. The Balaban J connectivity index is 2.27. The number of carbonyl (C=O) groups is 2. The average molecular weight is 528 g/mol. The maximum atomic E-state index is 13.2. The molecular weight excluding hydrogens is 494 g/mol. The predicted octanol–water partition coefficient (Wildman–Crippen LogP) is 3.66. The summed E-state index contributed by atoms with van der Waals surface area (Å²) in [5, 5.41) is 5.55. The molecule has 1 heterocycles. The maximum absolute atomic E-state index is 13.2. The van der Waals surface area contributed by atoms with E-state index in [2.05, 4.69) is 15.6 Å². The van der Waals surface area contributed by atoms with E-state index in [0.717, 1.165) is 15.6 Å². The first-order valence-electron chi connectivity index (χ1n) is 10.9. The van der Waals surface area contributed by atoms with Gasteiger partial charge in [0.2, 0.25) is 0 Å². The fourth-order valence-corrected chi connectivity index (χ4v) is 5.42. The van der Waals surface area contributed by atoms with Gasteiger partial charge in [-0.25, -0.2) is 27.3 Å². The minimum absolute atomic E-state index is 0.0243. The van der Waals surface area contributed by atoms with E-state index in [4.69, 9.17) is 9.47 Å². The summed E-state index contributed by atoms with van der Waals surface area (Å²) in [6.07, 6.45) is -0.629. The lowest BCUT2D eigenvalue weighted by atomic mass is 10.2. The van der Waals surface area contributed by atoms with Crippen molar-refractivity contribution < 1.29 is 27.5 Å². The number of alkyl carbamates (subject to hydrolysis) is 1. The van der Waals surface area contributed by atoms with Crippen molar-refractivity contribution in [3.05, 3.63) is 30.0 Å². The number of aromatic nitrogens is 1. The molecule has 0 unspecified atom stereocenters. The summed E-state index contributed by atoms with van der Waals surface area (Å²) in [4.78, 5) is 30.8. The van der Waals surface area contributed by atoms with E-state index in [-0.39, 0.29) is 28.1 Å². The molecule has 1 aromatic heterocycles. The summed E-state index contributed by atoms with van der Waals surface area (Å²) in [6.45, 7) is 9.27. The van der Waals surface area contributed by atoms with Crippen LogP contribution in [0.15, 0.2) is 28.5 Å². The van der Waals surface area contributed by atoms with Gasteiger partial charge in [0.15, 0.2) is 9.34 Å². The summed E-state index contributed by atoms with van der Waals surface area (Å²) >= 11 is 0.880. The molecule has 3 amide bonds. The zero-order valence-electron chi connectivity index (χ0n) is 21.0. The molecule has 0 radical (unpaired) electrons. The number of aryl methyl sites for hydroxylation is 1. The molecule has 35 heavy (non-hydrogen) atoms. The van der Waals surface area contributed by atoms with Crippen LogP contribution < -0.4 is 20.3 Å². The second-order valence-corrected chi connectivity index (χ2v) is 11.9. The summed E-state index contributed by atoms with van der Waals surface area (Å²) in [7, 11) is -0.890. The van der Waals surface area contributed by atoms with Gasteiger partial charge in [-0.15, -0.1) is 0 Å². The highest BCUT2D eigenvalue weighted by Crippen LogP contribution is 2.31. The number of anilines is 2. The van der Waals surface area contributed by atoms with E-state index >= 15 is 0 Å². The Bertz CT molecular complexity index is 1120. The molecule has 2 N–H and O–H groups in total. The Morgan fingerprint density at radius 1 is 1.14 bits per heavy atom. The normalized spacial score (nSPS) is 11.8. The van der Waals surface area contributed by atoms with Gasteiger partial charge in [-0.05, 0) is 58.9 Å². The van der Waals surface area contributed by atoms with Crippen LogP contribution in [0.5, 0.6) is 5.75 Å². The first-order valence-corrected chi connectivity index (χ1v) is 13.2. The standard InChI is InChI=1S/C22H33N5O6S2/c1-8-32-17-11-9-16(10-12-17)25-19(28)27(14-13-23-21(29)33-22(3,4)5)20-24-15(2)18(34-20)35(30,31)26(6)7/h9-12H,8,13-14H2,1-7H3,(H,23,29)(H,25,28). The predicted molar refractivity (Wildman–Crippen MR) is 136 cm³/mol. The summed E-state index contributed by atoms with van der Waals surface area (Å²) in [6, 6.07) is 6.29. The quantitative estimate of drug-likeness (QED) is 0.509. The molecule has 0 saturated carbocycles. The second kappa shape index (κ2) is 11.7. The lowest BCUT2D eigenvalue weighted by Gasteiger charge is -2.22. The smallest absolute Gasteiger partial charge is 0.407 e. The van der Waals surface area contributed by atoms with Crippen molar-refractivity contribution in [3.8, 4) is 5.75 Å². The zero-order valence-corrected chi connectivity index (χ0v) is 22.7. The van der Waals surface area contributed by atoms with Crippen LogP contribution in [0.4, 0.5) is 20.4 Å². The second-order valence-electron chi connectivity index (χ2n) is 8.62. The van der Waals surface area contributed by atoms with Crippen LogP contribution in [0.2, 0.25) is 0 Å². The fraction of sp³-hybridized carbons (Fsp3) is 0.500. The van der Waals surface area contributed by atoms with E-state index < -0.39 is 27.7 Å². The van der Waals surface area contributed by atoms with Gasteiger partial charge in [-0.1, -0.05) is 11.3 Å². The lowest BCUT2D eigenvalue weighted by molar-refractivity contribution is 0.0529. The van der Waals surface area contributed by atoms with Crippen LogP contribution in [0, 0.1) is 6.92 Å². The number of ether oxygens (including phenoxy) is 2. The SMILES string of the molecule is CCOc1ccc(NC(=O)N(CCNC(=O)OC(C)(C)C)c2nc(C)c(S(=O)(=O)N(C)C)s2)cc1. The molecule has 1 aromatic carbocycles. The number of hydrogen-bond donors (Lipinski definition) is 2. The summed E-state index contributed by atoms with van der Waals surface area (Å²) in [5.74, 6) is 0.665. The Morgan fingerprint density at radius 3 is 2.31 bits per heavy atom. The number of carbonyl (C=O) groups excluding carboxylic acids is 2. The molecule has 0 aliphatic rings. The first-order chi connectivity index (χ1) is 16.2. The van der Waals surface area contributed by atoms with Crippen LogP contribution in [-0.2, 0) is 14.8 Å². The molecule has 2 rings (SSSR count). The number of rotatable bonds is 9. The van der Waals surface area contributed by atoms with Crippen molar-refractivity contribution >= 4 is 44.3 Å². The molecule has 0 fully saturated rings. The third-order valence-electron chi connectivity index (χ3n) is 4.35. The van der Waals surface area contributed by atoms with Crippen molar-refractivity contribution in [2.24, 2.45) is 0 Å². The minimum atomic E-state index is -3.74. The van der Waals surface area contributed by atoms with Gasteiger partial charge in [-0.3, -0.25) is 4.90 Å². The molecule has 11 nitrogen and oxygen atoms in total. The number of benzene rings is 1. The molecule has 0 atom stereocenters. The van der Waals surface area contributed by atoms with Crippen molar-refractivity contribution in [2.75, 3.05) is 44.0 Å². The highest BCUT2D eigenvalue weighted by molar-refractivity contribution is 7.91.